The van der Waals surface area contributed by atoms with E-state index in [1.54, 1.807) is 0 Å². The number of nitrogens with zero attached hydrogens (tertiary/aromatic N) is 1. The van der Waals surface area contributed by atoms with Crippen LogP contribution in [-0.4, -0.2) is 17.0 Å². The van der Waals surface area contributed by atoms with Crippen LogP contribution in [0.5, 0.6) is 0 Å². The maximum Gasteiger partial charge on any atom is 0.121 e. The van der Waals surface area contributed by atoms with Gasteiger partial charge < -0.3 is 0 Å². The van der Waals surface area contributed by atoms with Crippen LogP contribution in [0.25, 0.3) is 0 Å². The molecule has 0 saturated heterocycles. The Morgan fingerprint density at radius 2 is 1.06 bits per heavy atom. The van der Waals surface area contributed by atoms with Crippen molar-refractivity contribution in [1.82, 2.24) is 10.4 Å². The van der Waals surface area contributed by atoms with Crippen LogP contribution in [0.15, 0.2) is 133 Å². The van der Waals surface area contributed by atoms with Gasteiger partial charge in [-0.05, 0) is 34.8 Å². The summed E-state index contributed by atoms with van der Waals surface area (Å²) in [5.74, 6) is 0. The molecule has 3 nitrogen and oxygen atoms in total. The second-order valence-electron chi connectivity index (χ2n) is 9.17. The highest BCUT2D eigenvalue weighted by atomic mass is 16.7. The van der Waals surface area contributed by atoms with Gasteiger partial charge in [0, 0.05) is 31.2 Å². The van der Waals surface area contributed by atoms with Crippen LogP contribution in [0.2, 0.25) is 0 Å². The van der Waals surface area contributed by atoms with Gasteiger partial charge in [-0.1, -0.05) is 121 Å². The Morgan fingerprint density at radius 1 is 0.600 bits per heavy atom. The highest BCUT2D eigenvalue weighted by molar-refractivity contribution is 5.25. The number of nitrogens with one attached hydrogen (secondary N) is 1. The van der Waals surface area contributed by atoms with Crippen LogP contribution in [0.3, 0.4) is 0 Å². The van der Waals surface area contributed by atoms with Crippen molar-refractivity contribution < 1.29 is 4.84 Å². The fourth-order valence-electron chi connectivity index (χ4n) is 4.75. The summed E-state index contributed by atoms with van der Waals surface area (Å²) >= 11 is 0. The average Bonchev–Trinajstić information content (AvgIpc) is 3.37. The first-order valence-corrected chi connectivity index (χ1v) is 12.4. The minimum Gasteiger partial charge on any atom is -0.289 e. The molecule has 0 spiro atoms. The van der Waals surface area contributed by atoms with E-state index in [0.29, 0.717) is 0 Å². The molecule has 1 aliphatic rings. The molecule has 0 radical (unpaired) electrons. The van der Waals surface area contributed by atoms with Gasteiger partial charge in [-0.25, -0.2) is 0 Å². The molecule has 0 aromatic heterocycles. The molecular formula is C32H32N2O. The van der Waals surface area contributed by atoms with Gasteiger partial charge in [0.1, 0.15) is 6.10 Å². The van der Waals surface area contributed by atoms with E-state index in [9.17, 15) is 0 Å². The van der Waals surface area contributed by atoms with Crippen molar-refractivity contribution >= 4 is 0 Å². The number of hydrogen-bond acceptors (Lipinski definition) is 3. The van der Waals surface area contributed by atoms with Gasteiger partial charge in [0.15, 0.2) is 0 Å². The van der Waals surface area contributed by atoms with Crippen molar-refractivity contribution in [1.29, 1.82) is 0 Å². The zero-order valence-corrected chi connectivity index (χ0v) is 20.0. The van der Waals surface area contributed by atoms with Crippen molar-refractivity contribution in [2.75, 3.05) is 0 Å². The highest BCUT2D eigenvalue weighted by Crippen LogP contribution is 2.25. The van der Waals surface area contributed by atoms with Gasteiger partial charge >= 0.3 is 0 Å². The summed E-state index contributed by atoms with van der Waals surface area (Å²) in [6.07, 6.45) is 3.97. The normalized spacial score (nSPS) is 16.0. The predicted octanol–water partition coefficient (Wildman–Crippen LogP) is 6.33. The van der Waals surface area contributed by atoms with Gasteiger partial charge in [0.25, 0.3) is 0 Å². The Kier molecular flexibility index (Phi) is 7.69. The van der Waals surface area contributed by atoms with Gasteiger partial charge in [0.05, 0.1) is 0 Å². The Labute approximate surface area is 208 Å². The largest absolute Gasteiger partial charge is 0.289 e. The average molecular weight is 461 g/mol. The molecule has 1 aliphatic heterocycles. The molecule has 0 fully saturated rings. The lowest BCUT2D eigenvalue weighted by Crippen LogP contribution is -2.44. The minimum atomic E-state index is -0.0543. The van der Waals surface area contributed by atoms with Gasteiger partial charge in [-0.15, -0.1) is 0 Å². The fraction of sp³-hybridized carbons (Fsp3) is 0.188. The van der Waals surface area contributed by atoms with E-state index in [1.165, 1.54) is 22.3 Å². The van der Waals surface area contributed by atoms with Crippen LogP contribution in [0.1, 0.15) is 22.3 Å². The zero-order chi connectivity index (χ0) is 23.7. The second kappa shape index (κ2) is 11.7. The Bertz CT molecular complexity index is 1150. The summed E-state index contributed by atoms with van der Waals surface area (Å²) in [6.45, 7) is 1.71. The molecule has 176 valence electrons. The predicted molar refractivity (Wildman–Crippen MR) is 142 cm³/mol. The van der Waals surface area contributed by atoms with E-state index in [1.807, 2.05) is 0 Å². The van der Waals surface area contributed by atoms with E-state index in [2.05, 4.69) is 138 Å². The zero-order valence-electron chi connectivity index (χ0n) is 20.0. The molecule has 0 bridgehead atoms. The number of hydroxylamine groups is 1. The number of hydrogen-bond donors (Lipinski definition) is 1. The summed E-state index contributed by atoms with van der Waals surface area (Å²) in [6, 6.07) is 42.9. The molecule has 3 heteroatoms. The molecule has 2 unspecified atom stereocenters. The fourth-order valence-corrected chi connectivity index (χ4v) is 4.75. The number of rotatable bonds is 10. The summed E-state index contributed by atoms with van der Waals surface area (Å²) < 4.78 is 0. The van der Waals surface area contributed by atoms with Crippen molar-refractivity contribution in [3.63, 3.8) is 0 Å². The van der Waals surface area contributed by atoms with E-state index in [-0.39, 0.29) is 12.1 Å². The van der Waals surface area contributed by atoms with Gasteiger partial charge in [0.2, 0.25) is 0 Å². The minimum absolute atomic E-state index is 0.0543. The van der Waals surface area contributed by atoms with Crippen molar-refractivity contribution in [3.05, 3.63) is 155 Å². The first kappa shape index (κ1) is 23.1. The van der Waals surface area contributed by atoms with Crippen molar-refractivity contribution in [2.24, 2.45) is 0 Å². The van der Waals surface area contributed by atoms with Crippen LogP contribution >= 0.6 is 0 Å². The molecule has 5 rings (SSSR count). The van der Waals surface area contributed by atoms with E-state index in [0.717, 1.165) is 31.6 Å². The van der Waals surface area contributed by atoms with E-state index in [4.69, 9.17) is 4.84 Å². The smallest absolute Gasteiger partial charge is 0.121 e. The van der Waals surface area contributed by atoms with E-state index >= 15 is 0 Å². The summed E-state index contributed by atoms with van der Waals surface area (Å²) in [7, 11) is 0. The SMILES string of the molecule is C1=C(Cc2ccccc2)NOC1C(Cc1ccccc1)N(Cc1ccccc1)Cc1ccccc1. The third-order valence-corrected chi connectivity index (χ3v) is 6.52. The summed E-state index contributed by atoms with van der Waals surface area (Å²) in [5, 5.41) is 0. The Hall–Kier alpha value is -3.66. The quantitative estimate of drug-likeness (QED) is 0.299. The highest BCUT2D eigenvalue weighted by Gasteiger charge is 2.31. The molecule has 0 aliphatic carbocycles. The molecule has 35 heavy (non-hydrogen) atoms. The van der Waals surface area contributed by atoms with Crippen LogP contribution in [0, 0.1) is 0 Å². The molecule has 4 aromatic carbocycles. The maximum absolute atomic E-state index is 6.24. The monoisotopic (exact) mass is 460 g/mol. The summed E-state index contributed by atoms with van der Waals surface area (Å²) in [5.41, 5.74) is 9.57. The lowest BCUT2D eigenvalue weighted by atomic mass is 9.97. The van der Waals surface area contributed by atoms with Gasteiger partial charge in [-0.3, -0.25) is 15.2 Å². The Balaban J connectivity index is 1.45. The third-order valence-electron chi connectivity index (χ3n) is 6.52. The third kappa shape index (κ3) is 6.48. The van der Waals surface area contributed by atoms with Crippen LogP contribution in [-0.2, 0) is 30.8 Å². The molecule has 0 amide bonds. The second-order valence-corrected chi connectivity index (χ2v) is 9.17. The molecular weight excluding hydrogens is 428 g/mol. The first-order chi connectivity index (χ1) is 17.3. The molecule has 2 atom stereocenters. The first-order valence-electron chi connectivity index (χ1n) is 12.4. The molecule has 1 N–H and O–H groups in total. The summed E-state index contributed by atoms with van der Waals surface area (Å²) in [4.78, 5) is 8.81. The lowest BCUT2D eigenvalue weighted by Gasteiger charge is -2.34. The Morgan fingerprint density at radius 3 is 1.57 bits per heavy atom. The maximum atomic E-state index is 6.24. The lowest BCUT2D eigenvalue weighted by molar-refractivity contribution is -0.0191. The van der Waals surface area contributed by atoms with Crippen molar-refractivity contribution in [2.45, 2.75) is 38.1 Å². The van der Waals surface area contributed by atoms with Crippen molar-refractivity contribution in [3.8, 4) is 0 Å². The number of benzene rings is 4. The molecule has 4 aromatic rings. The molecule has 0 saturated carbocycles. The van der Waals surface area contributed by atoms with Crippen LogP contribution < -0.4 is 5.48 Å². The molecule has 1 heterocycles. The number of allylic oxidation sites excluding steroid dienone is 1. The van der Waals surface area contributed by atoms with E-state index < -0.39 is 0 Å². The van der Waals surface area contributed by atoms with Gasteiger partial charge in [-0.2, -0.15) is 0 Å². The van der Waals surface area contributed by atoms with Crippen LogP contribution in [0.4, 0.5) is 0 Å². The topological polar surface area (TPSA) is 24.5 Å². The standard InChI is InChI=1S/C32H32N2O/c1-5-13-26(14-6-1)21-30-23-32(35-33-30)31(22-27-15-7-2-8-16-27)34(24-28-17-9-3-10-18-28)25-29-19-11-4-12-20-29/h1-20,23,31-33H,21-22,24-25H2.